The van der Waals surface area contributed by atoms with Crippen molar-refractivity contribution < 1.29 is 9.47 Å². The fourth-order valence-corrected chi connectivity index (χ4v) is 3.72. The minimum absolute atomic E-state index is 0.0502. The normalized spacial score (nSPS) is 13.3. The van der Waals surface area contributed by atoms with Gasteiger partial charge in [-0.2, -0.15) is 11.8 Å². The van der Waals surface area contributed by atoms with Crippen LogP contribution in [0.4, 0.5) is 0 Å². The molecule has 2 atom stereocenters. The molecular formula is C20H24Cl2O2S. The number of hydrogen-bond acceptors (Lipinski definition) is 3. The Bertz CT molecular complexity index is 596. The van der Waals surface area contributed by atoms with Crippen LogP contribution in [0.5, 0.6) is 11.5 Å². The zero-order valence-corrected chi connectivity index (χ0v) is 16.9. The van der Waals surface area contributed by atoms with Crippen LogP contribution >= 0.6 is 35.0 Å². The average Bonchev–Trinajstić information content (AvgIpc) is 2.60. The van der Waals surface area contributed by atoms with Gasteiger partial charge in [0.15, 0.2) is 0 Å². The largest absolute Gasteiger partial charge is 0.492 e. The van der Waals surface area contributed by atoms with Gasteiger partial charge in [-0.05, 0) is 37.1 Å². The molecule has 0 spiro atoms. The Morgan fingerprint density at radius 2 is 1.16 bits per heavy atom. The minimum atomic E-state index is -0.0502. The Balaban J connectivity index is 1.61. The lowest BCUT2D eigenvalue weighted by Crippen LogP contribution is -2.18. The summed E-state index contributed by atoms with van der Waals surface area (Å²) in [5, 5.41) is -0.100. The van der Waals surface area contributed by atoms with Gasteiger partial charge in [-0.15, -0.1) is 23.2 Å². The molecule has 0 unspecified atom stereocenters. The first-order valence-corrected chi connectivity index (χ1v) is 10.3. The van der Waals surface area contributed by atoms with Crippen molar-refractivity contribution in [1.82, 2.24) is 0 Å². The lowest BCUT2D eigenvalue weighted by Gasteiger charge is -2.15. The molecule has 0 heterocycles. The Labute approximate surface area is 164 Å². The van der Waals surface area contributed by atoms with Crippen molar-refractivity contribution in [3.8, 4) is 11.5 Å². The molecule has 0 saturated heterocycles. The smallest absolute Gasteiger partial charge is 0.122 e. The number of thioether (sulfide) groups is 1. The van der Waals surface area contributed by atoms with E-state index in [2.05, 4.69) is 0 Å². The third-order valence-electron chi connectivity index (χ3n) is 3.62. The van der Waals surface area contributed by atoms with E-state index in [4.69, 9.17) is 32.7 Å². The molecule has 25 heavy (non-hydrogen) atoms. The van der Waals surface area contributed by atoms with Crippen LogP contribution in [0.2, 0.25) is 0 Å². The first-order chi connectivity index (χ1) is 12.1. The van der Waals surface area contributed by atoms with Crippen molar-refractivity contribution in [3.05, 3.63) is 59.7 Å². The van der Waals surface area contributed by atoms with E-state index in [9.17, 15) is 0 Å². The van der Waals surface area contributed by atoms with E-state index >= 15 is 0 Å². The molecule has 2 nitrogen and oxygen atoms in total. The third kappa shape index (κ3) is 7.39. The maximum absolute atomic E-state index is 6.34. The second kappa shape index (κ2) is 10.8. The van der Waals surface area contributed by atoms with E-state index in [0.717, 1.165) is 34.1 Å². The van der Waals surface area contributed by atoms with Crippen LogP contribution in [0, 0.1) is 13.8 Å². The summed E-state index contributed by atoms with van der Waals surface area (Å²) < 4.78 is 11.5. The second-order valence-corrected chi connectivity index (χ2v) is 8.19. The van der Waals surface area contributed by atoms with Crippen molar-refractivity contribution >= 4 is 35.0 Å². The summed E-state index contributed by atoms with van der Waals surface area (Å²) in [5.41, 5.74) is 2.24. The summed E-state index contributed by atoms with van der Waals surface area (Å²) in [6, 6.07) is 15.9. The molecule has 0 amide bonds. The minimum Gasteiger partial charge on any atom is -0.492 e. The van der Waals surface area contributed by atoms with E-state index in [-0.39, 0.29) is 10.8 Å². The number of aryl methyl sites for hydroxylation is 2. The summed E-state index contributed by atoms with van der Waals surface area (Å²) in [6.45, 7) is 5.04. The first kappa shape index (κ1) is 20.3. The van der Waals surface area contributed by atoms with Crippen LogP contribution in [0.1, 0.15) is 11.1 Å². The summed E-state index contributed by atoms with van der Waals surface area (Å²) in [6.07, 6.45) is 0. The molecule has 2 rings (SSSR count). The predicted octanol–water partition coefficient (Wildman–Crippen LogP) is 5.71. The fraction of sp³-hybridized carbons (Fsp3) is 0.400. The van der Waals surface area contributed by atoms with Crippen molar-refractivity contribution in [2.24, 2.45) is 0 Å². The van der Waals surface area contributed by atoms with Crippen LogP contribution in [-0.4, -0.2) is 35.5 Å². The molecule has 0 N–H and O–H groups in total. The lowest BCUT2D eigenvalue weighted by molar-refractivity contribution is 0.318. The topological polar surface area (TPSA) is 18.5 Å². The summed E-state index contributed by atoms with van der Waals surface area (Å²) in [7, 11) is 0. The number of benzene rings is 2. The Kier molecular flexibility index (Phi) is 8.80. The van der Waals surface area contributed by atoms with Crippen LogP contribution in [0.3, 0.4) is 0 Å². The van der Waals surface area contributed by atoms with Gasteiger partial charge < -0.3 is 9.47 Å². The molecule has 0 aliphatic carbocycles. The highest BCUT2D eigenvalue weighted by Crippen LogP contribution is 2.20. The van der Waals surface area contributed by atoms with Gasteiger partial charge in [-0.25, -0.2) is 0 Å². The molecule has 0 fully saturated rings. The highest BCUT2D eigenvalue weighted by molar-refractivity contribution is 7.99. The van der Waals surface area contributed by atoms with Crippen LogP contribution in [0.25, 0.3) is 0 Å². The Morgan fingerprint density at radius 1 is 0.760 bits per heavy atom. The molecule has 2 aromatic rings. The van der Waals surface area contributed by atoms with Crippen molar-refractivity contribution in [2.45, 2.75) is 24.6 Å². The predicted molar refractivity (Wildman–Crippen MR) is 110 cm³/mol. The highest BCUT2D eigenvalue weighted by atomic mass is 35.5. The molecule has 0 aliphatic heterocycles. The zero-order chi connectivity index (χ0) is 18.1. The molecule has 0 radical (unpaired) electrons. The Morgan fingerprint density at radius 3 is 1.56 bits per heavy atom. The second-order valence-electron chi connectivity index (χ2n) is 5.89. The Hall–Kier alpha value is -1.03. The average molecular weight is 399 g/mol. The van der Waals surface area contributed by atoms with Crippen LogP contribution in [-0.2, 0) is 0 Å². The summed E-state index contributed by atoms with van der Waals surface area (Å²) in [5.74, 6) is 3.36. The molecule has 0 aromatic heterocycles. The SMILES string of the molecule is Cc1ccccc1OC[C@H](Cl)CSC[C@@H](Cl)COc1ccccc1C. The van der Waals surface area contributed by atoms with Gasteiger partial charge in [-0.3, -0.25) is 0 Å². The number of para-hydroxylation sites is 2. The molecular weight excluding hydrogens is 375 g/mol. The third-order valence-corrected chi connectivity index (χ3v) is 5.83. The van der Waals surface area contributed by atoms with Crippen molar-refractivity contribution in [1.29, 1.82) is 0 Å². The van der Waals surface area contributed by atoms with E-state index in [1.165, 1.54) is 0 Å². The summed E-state index contributed by atoms with van der Waals surface area (Å²) in [4.78, 5) is 0. The van der Waals surface area contributed by atoms with E-state index in [1.807, 2.05) is 62.4 Å². The summed E-state index contributed by atoms with van der Waals surface area (Å²) >= 11 is 14.4. The van der Waals surface area contributed by atoms with E-state index in [1.54, 1.807) is 11.8 Å². The van der Waals surface area contributed by atoms with E-state index in [0.29, 0.717) is 13.2 Å². The van der Waals surface area contributed by atoms with Gasteiger partial charge >= 0.3 is 0 Å². The van der Waals surface area contributed by atoms with Crippen molar-refractivity contribution in [2.75, 3.05) is 24.7 Å². The fourth-order valence-electron chi connectivity index (χ4n) is 2.22. The van der Waals surface area contributed by atoms with Crippen molar-refractivity contribution in [3.63, 3.8) is 0 Å². The lowest BCUT2D eigenvalue weighted by atomic mass is 10.2. The van der Waals surface area contributed by atoms with Gasteiger partial charge in [0.05, 0.1) is 10.8 Å². The monoisotopic (exact) mass is 398 g/mol. The highest BCUT2D eigenvalue weighted by Gasteiger charge is 2.11. The number of alkyl halides is 2. The van der Waals surface area contributed by atoms with Gasteiger partial charge in [0.25, 0.3) is 0 Å². The number of halogens is 2. The number of rotatable bonds is 10. The van der Waals surface area contributed by atoms with Gasteiger partial charge in [0.2, 0.25) is 0 Å². The molecule has 0 saturated carbocycles. The molecule has 0 bridgehead atoms. The van der Waals surface area contributed by atoms with Gasteiger partial charge in [-0.1, -0.05) is 36.4 Å². The number of ether oxygens (including phenoxy) is 2. The maximum Gasteiger partial charge on any atom is 0.122 e. The standard InChI is InChI=1S/C20H24Cl2O2S/c1-15-7-3-5-9-19(15)23-11-17(21)13-25-14-18(22)12-24-20-10-6-4-8-16(20)2/h3-10,17-18H,11-14H2,1-2H3/t17-,18-/m0/s1. The first-order valence-electron chi connectivity index (χ1n) is 8.29. The molecule has 0 aliphatic rings. The van der Waals surface area contributed by atoms with Gasteiger partial charge in [0.1, 0.15) is 24.7 Å². The number of hydrogen-bond donors (Lipinski definition) is 0. The maximum atomic E-state index is 6.34. The van der Waals surface area contributed by atoms with Crippen LogP contribution < -0.4 is 9.47 Å². The molecule has 2 aromatic carbocycles. The quantitative estimate of drug-likeness (QED) is 0.477. The van der Waals surface area contributed by atoms with E-state index < -0.39 is 0 Å². The van der Waals surface area contributed by atoms with Crippen LogP contribution in [0.15, 0.2) is 48.5 Å². The van der Waals surface area contributed by atoms with Gasteiger partial charge in [0, 0.05) is 11.5 Å². The zero-order valence-electron chi connectivity index (χ0n) is 14.6. The molecule has 5 heteroatoms. The molecule has 136 valence electrons.